The van der Waals surface area contributed by atoms with Crippen LogP contribution in [0, 0.1) is 17.0 Å². The molecule has 0 amide bonds. The second-order valence-corrected chi connectivity index (χ2v) is 5.92. The first-order valence-corrected chi connectivity index (χ1v) is 7.72. The monoisotopic (exact) mass is 339 g/mol. The summed E-state index contributed by atoms with van der Waals surface area (Å²) in [5.41, 5.74) is 8.99. The number of aliphatic carboxylic acids is 1. The SMILES string of the molecule is Cc1[nH]c2cc(-c3ccccc3)cc([N+](=O)[O-])c2c1CC(N)C(=O)O. The number of aromatic amines is 1. The first-order chi connectivity index (χ1) is 11.9. The summed E-state index contributed by atoms with van der Waals surface area (Å²) in [5, 5.41) is 21.1. The quantitative estimate of drug-likeness (QED) is 0.487. The van der Waals surface area contributed by atoms with E-state index in [1.165, 1.54) is 6.07 Å². The van der Waals surface area contributed by atoms with Crippen LogP contribution in [0.15, 0.2) is 42.5 Å². The summed E-state index contributed by atoms with van der Waals surface area (Å²) in [4.78, 5) is 25.4. The number of carbonyl (C=O) groups is 1. The molecular formula is C18H17N3O4. The van der Waals surface area contributed by atoms with E-state index in [0.29, 0.717) is 22.2 Å². The molecule has 3 rings (SSSR count). The lowest BCUT2D eigenvalue weighted by molar-refractivity contribution is -0.383. The second-order valence-electron chi connectivity index (χ2n) is 5.92. The van der Waals surface area contributed by atoms with Gasteiger partial charge < -0.3 is 15.8 Å². The van der Waals surface area contributed by atoms with Crippen molar-refractivity contribution in [3.05, 3.63) is 63.8 Å². The van der Waals surface area contributed by atoms with Crippen molar-refractivity contribution in [2.75, 3.05) is 0 Å². The van der Waals surface area contributed by atoms with Gasteiger partial charge in [-0.2, -0.15) is 0 Å². The molecular weight excluding hydrogens is 322 g/mol. The number of rotatable bonds is 5. The first-order valence-electron chi connectivity index (χ1n) is 7.72. The third-order valence-corrected chi connectivity index (χ3v) is 4.24. The molecule has 1 atom stereocenters. The Hall–Kier alpha value is -3.19. The van der Waals surface area contributed by atoms with E-state index in [2.05, 4.69) is 4.98 Å². The number of H-pyrrole nitrogens is 1. The third kappa shape index (κ3) is 3.09. The first kappa shape index (κ1) is 16.7. The van der Waals surface area contributed by atoms with Crippen LogP contribution in [0.1, 0.15) is 11.3 Å². The molecule has 0 radical (unpaired) electrons. The number of nitro groups is 1. The summed E-state index contributed by atoms with van der Waals surface area (Å²) in [6.07, 6.45) is 0.0205. The minimum Gasteiger partial charge on any atom is -0.480 e. The van der Waals surface area contributed by atoms with Crippen molar-refractivity contribution in [3.63, 3.8) is 0 Å². The molecule has 4 N–H and O–H groups in total. The summed E-state index contributed by atoms with van der Waals surface area (Å²) in [7, 11) is 0. The van der Waals surface area contributed by atoms with E-state index in [1.54, 1.807) is 6.92 Å². The molecule has 0 spiro atoms. The van der Waals surface area contributed by atoms with E-state index in [9.17, 15) is 14.9 Å². The van der Waals surface area contributed by atoms with Gasteiger partial charge in [0.2, 0.25) is 0 Å². The van der Waals surface area contributed by atoms with Gasteiger partial charge in [-0.1, -0.05) is 30.3 Å². The number of nitro benzene ring substituents is 1. The molecule has 3 aromatic rings. The Morgan fingerprint density at radius 1 is 1.28 bits per heavy atom. The van der Waals surface area contributed by atoms with Gasteiger partial charge in [0.25, 0.3) is 5.69 Å². The van der Waals surface area contributed by atoms with Crippen LogP contribution in [0.25, 0.3) is 22.0 Å². The van der Waals surface area contributed by atoms with E-state index in [0.717, 1.165) is 11.1 Å². The Morgan fingerprint density at radius 2 is 1.96 bits per heavy atom. The van der Waals surface area contributed by atoms with Crippen molar-refractivity contribution in [3.8, 4) is 11.1 Å². The highest BCUT2D eigenvalue weighted by Gasteiger charge is 2.24. The highest BCUT2D eigenvalue weighted by molar-refractivity contribution is 5.97. The van der Waals surface area contributed by atoms with Crippen LogP contribution in [-0.2, 0) is 11.2 Å². The third-order valence-electron chi connectivity index (χ3n) is 4.24. The molecule has 128 valence electrons. The van der Waals surface area contributed by atoms with Crippen LogP contribution in [0.5, 0.6) is 0 Å². The maximum Gasteiger partial charge on any atom is 0.320 e. The van der Waals surface area contributed by atoms with Crippen molar-refractivity contribution in [1.29, 1.82) is 0 Å². The van der Waals surface area contributed by atoms with Crippen LogP contribution in [0.3, 0.4) is 0 Å². The molecule has 0 aliphatic rings. The van der Waals surface area contributed by atoms with Crippen molar-refractivity contribution < 1.29 is 14.8 Å². The average molecular weight is 339 g/mol. The van der Waals surface area contributed by atoms with E-state index in [1.807, 2.05) is 36.4 Å². The zero-order chi connectivity index (χ0) is 18.1. The summed E-state index contributed by atoms with van der Waals surface area (Å²) in [5.74, 6) is -1.14. The normalized spacial score (nSPS) is 12.2. The highest BCUT2D eigenvalue weighted by Crippen LogP contribution is 2.36. The number of carboxylic acid groups (broad SMARTS) is 1. The number of aryl methyl sites for hydroxylation is 1. The molecule has 2 aromatic carbocycles. The number of non-ortho nitro benzene ring substituents is 1. The lowest BCUT2D eigenvalue weighted by atomic mass is 9.98. The zero-order valence-electron chi connectivity index (χ0n) is 13.5. The number of aromatic nitrogens is 1. The van der Waals surface area contributed by atoms with Crippen molar-refractivity contribution >= 4 is 22.6 Å². The molecule has 0 fully saturated rings. The predicted octanol–water partition coefficient (Wildman–Crippen LogP) is 3.01. The molecule has 0 aliphatic heterocycles. The Bertz CT molecular complexity index is 963. The molecule has 0 bridgehead atoms. The molecule has 7 nitrogen and oxygen atoms in total. The number of nitrogens with two attached hydrogens (primary N) is 1. The van der Waals surface area contributed by atoms with Gasteiger partial charge >= 0.3 is 5.97 Å². The molecule has 7 heteroatoms. The van der Waals surface area contributed by atoms with Gasteiger partial charge in [0, 0.05) is 18.2 Å². The molecule has 0 saturated carbocycles. The largest absolute Gasteiger partial charge is 0.480 e. The van der Waals surface area contributed by atoms with E-state index in [-0.39, 0.29) is 12.1 Å². The number of hydrogen-bond acceptors (Lipinski definition) is 4. The van der Waals surface area contributed by atoms with Crippen LogP contribution >= 0.6 is 0 Å². The van der Waals surface area contributed by atoms with Gasteiger partial charge in [-0.15, -0.1) is 0 Å². The van der Waals surface area contributed by atoms with E-state index in [4.69, 9.17) is 10.8 Å². The second kappa shape index (κ2) is 6.37. The Balaban J connectivity index is 2.23. The van der Waals surface area contributed by atoms with Crippen LogP contribution in [0.2, 0.25) is 0 Å². The van der Waals surface area contributed by atoms with Gasteiger partial charge in [-0.25, -0.2) is 0 Å². The zero-order valence-corrected chi connectivity index (χ0v) is 13.5. The molecule has 0 saturated heterocycles. The lowest BCUT2D eigenvalue weighted by Gasteiger charge is -2.08. The minimum absolute atomic E-state index is 0.0205. The molecule has 0 aliphatic carbocycles. The lowest BCUT2D eigenvalue weighted by Crippen LogP contribution is -2.32. The Labute approximate surface area is 143 Å². The number of fused-ring (bicyclic) bond motifs is 1. The number of nitrogens with one attached hydrogen (secondary N) is 1. The summed E-state index contributed by atoms with van der Waals surface area (Å²) < 4.78 is 0. The smallest absolute Gasteiger partial charge is 0.320 e. The van der Waals surface area contributed by atoms with Gasteiger partial charge in [-0.05, 0) is 29.7 Å². The summed E-state index contributed by atoms with van der Waals surface area (Å²) >= 11 is 0. The van der Waals surface area contributed by atoms with Crippen LogP contribution in [-0.4, -0.2) is 27.0 Å². The predicted molar refractivity (Wildman–Crippen MR) is 94.4 cm³/mol. The Kier molecular flexibility index (Phi) is 4.24. The fourth-order valence-electron chi connectivity index (χ4n) is 3.01. The average Bonchev–Trinajstić information content (AvgIpc) is 2.90. The van der Waals surface area contributed by atoms with Crippen molar-refractivity contribution in [2.24, 2.45) is 5.73 Å². The topological polar surface area (TPSA) is 122 Å². The standard InChI is InChI=1S/C18H17N3O4/c1-10-13(9-14(19)18(22)23)17-15(20-10)7-12(8-16(17)21(24)25)11-5-3-2-4-6-11/h2-8,14,20H,9,19H2,1H3,(H,22,23). The fraction of sp³-hybridized carbons (Fsp3) is 0.167. The molecule has 1 heterocycles. The van der Waals surface area contributed by atoms with Crippen molar-refractivity contribution in [1.82, 2.24) is 4.98 Å². The van der Waals surface area contributed by atoms with Gasteiger partial charge in [0.05, 0.1) is 15.8 Å². The number of nitrogens with zero attached hydrogens (tertiary/aromatic N) is 1. The highest BCUT2D eigenvalue weighted by atomic mass is 16.6. The Morgan fingerprint density at radius 3 is 2.56 bits per heavy atom. The molecule has 25 heavy (non-hydrogen) atoms. The summed E-state index contributed by atoms with van der Waals surface area (Å²) in [6, 6.07) is 11.6. The van der Waals surface area contributed by atoms with Crippen LogP contribution < -0.4 is 5.73 Å². The number of carboxylic acids is 1. The van der Waals surface area contributed by atoms with E-state index < -0.39 is 16.9 Å². The van der Waals surface area contributed by atoms with Gasteiger partial charge in [0.15, 0.2) is 0 Å². The van der Waals surface area contributed by atoms with Crippen LogP contribution in [0.4, 0.5) is 5.69 Å². The van der Waals surface area contributed by atoms with Gasteiger partial charge in [-0.3, -0.25) is 14.9 Å². The summed E-state index contributed by atoms with van der Waals surface area (Å²) in [6.45, 7) is 1.76. The maximum absolute atomic E-state index is 11.6. The fourth-order valence-corrected chi connectivity index (χ4v) is 3.01. The van der Waals surface area contributed by atoms with Crippen molar-refractivity contribution in [2.45, 2.75) is 19.4 Å². The molecule has 1 unspecified atom stereocenters. The van der Waals surface area contributed by atoms with Gasteiger partial charge in [0.1, 0.15) is 6.04 Å². The number of hydrogen-bond donors (Lipinski definition) is 3. The maximum atomic E-state index is 11.6. The van der Waals surface area contributed by atoms with E-state index >= 15 is 0 Å². The number of benzene rings is 2. The molecule has 1 aromatic heterocycles. The minimum atomic E-state index is -1.14.